The molecule has 1 fully saturated rings. The highest BCUT2D eigenvalue weighted by Crippen LogP contribution is 2.47. The zero-order chi connectivity index (χ0) is 21.1. The first kappa shape index (κ1) is 22.0. The normalized spacial score (nSPS) is 25.9. The summed E-state index contributed by atoms with van der Waals surface area (Å²) in [7, 11) is 0. The number of carboxylic acids is 1. The minimum Gasteiger partial charge on any atom is -0.480 e. The molecule has 10 N–H and O–H groups in total. The van der Waals surface area contributed by atoms with Crippen LogP contribution in [0.3, 0.4) is 0 Å². The predicted octanol–water partition coefficient (Wildman–Crippen LogP) is -2.53. The lowest BCUT2D eigenvalue weighted by molar-refractivity contribution is -0.140. The van der Waals surface area contributed by atoms with E-state index in [1.165, 1.54) is 6.92 Å². The van der Waals surface area contributed by atoms with Gasteiger partial charge < -0.3 is 46.9 Å². The summed E-state index contributed by atoms with van der Waals surface area (Å²) in [5.41, 5.74) is 10.1. The lowest BCUT2D eigenvalue weighted by atomic mass is 9.66. The smallest absolute Gasteiger partial charge is 0.328 e. The summed E-state index contributed by atoms with van der Waals surface area (Å²) in [5.74, 6) is -1.43. The van der Waals surface area contributed by atoms with Crippen LogP contribution in [-0.2, 0) is 10.3 Å². The number of carboxylic acid groups (broad SMARTS) is 1. The fraction of sp³-hybridized carbons (Fsp3) is 0.733. The Morgan fingerprint density at radius 1 is 1.32 bits per heavy atom. The van der Waals surface area contributed by atoms with E-state index in [1.807, 2.05) is 0 Å². The molecule has 28 heavy (non-hydrogen) atoms. The van der Waals surface area contributed by atoms with E-state index in [0.29, 0.717) is 12.8 Å². The molecule has 0 saturated heterocycles. The standard InChI is InChI=1S/C15H26N6O7/c1-6(23)10(17)11-20-21-13(28-11)15(3-7(4-15)2-9(16)24)19-14(27)18-8(5-22)12(25)26/h6-10,22-24H,2-5,16-17H2,1H3,(H,25,26)(H2,18,19,27)/t6-,7?,8-,9?,10-,15?/m0/s1. The largest absolute Gasteiger partial charge is 0.480 e. The van der Waals surface area contributed by atoms with Crippen molar-refractivity contribution in [3.63, 3.8) is 0 Å². The van der Waals surface area contributed by atoms with Gasteiger partial charge in [0.05, 0.1) is 12.7 Å². The fourth-order valence-electron chi connectivity index (χ4n) is 3.13. The monoisotopic (exact) mass is 402 g/mol. The van der Waals surface area contributed by atoms with Crippen LogP contribution in [0.5, 0.6) is 0 Å². The van der Waals surface area contributed by atoms with Crippen molar-refractivity contribution in [2.75, 3.05) is 6.61 Å². The maximum atomic E-state index is 12.3. The molecule has 1 aromatic rings. The van der Waals surface area contributed by atoms with Crippen LogP contribution < -0.4 is 22.1 Å². The summed E-state index contributed by atoms with van der Waals surface area (Å²) in [6.07, 6.45) is -1.07. The number of hydrogen-bond donors (Lipinski definition) is 8. The lowest BCUT2D eigenvalue weighted by Gasteiger charge is -2.45. The van der Waals surface area contributed by atoms with E-state index in [1.54, 1.807) is 0 Å². The van der Waals surface area contributed by atoms with Crippen LogP contribution in [0.1, 0.15) is 44.0 Å². The SMILES string of the molecule is C[C@H](O)[C@H](N)c1nnc(C2(NC(=O)N[C@@H](CO)C(=O)O)CC(CC(N)O)C2)o1. The molecule has 4 atom stereocenters. The molecule has 0 aliphatic heterocycles. The van der Waals surface area contributed by atoms with Gasteiger partial charge in [0.2, 0.25) is 11.8 Å². The number of carbonyl (C=O) groups excluding carboxylic acids is 1. The summed E-state index contributed by atoms with van der Waals surface area (Å²) in [6, 6.07) is -3.26. The number of aromatic nitrogens is 2. The van der Waals surface area contributed by atoms with Crippen molar-refractivity contribution in [3.8, 4) is 0 Å². The number of urea groups is 1. The van der Waals surface area contributed by atoms with Gasteiger partial charge in [-0.2, -0.15) is 0 Å². The number of rotatable bonds is 9. The van der Waals surface area contributed by atoms with Gasteiger partial charge in [-0.15, -0.1) is 10.2 Å². The maximum Gasteiger partial charge on any atom is 0.328 e. The van der Waals surface area contributed by atoms with E-state index in [9.17, 15) is 19.8 Å². The number of amides is 2. The van der Waals surface area contributed by atoms with Gasteiger partial charge in [-0.1, -0.05) is 0 Å². The summed E-state index contributed by atoms with van der Waals surface area (Å²) in [6.45, 7) is 0.671. The molecule has 0 bridgehead atoms. The van der Waals surface area contributed by atoms with Gasteiger partial charge in [-0.05, 0) is 32.1 Å². The van der Waals surface area contributed by atoms with Crippen LogP contribution in [0.25, 0.3) is 0 Å². The van der Waals surface area contributed by atoms with Crippen LogP contribution in [-0.4, -0.2) is 67.6 Å². The molecule has 2 rings (SSSR count). The van der Waals surface area contributed by atoms with Gasteiger partial charge in [0.25, 0.3) is 0 Å². The average Bonchev–Trinajstić information content (AvgIpc) is 3.06. The molecule has 158 valence electrons. The van der Waals surface area contributed by atoms with Crippen molar-refractivity contribution in [1.29, 1.82) is 0 Å². The van der Waals surface area contributed by atoms with Crippen molar-refractivity contribution >= 4 is 12.0 Å². The lowest BCUT2D eigenvalue weighted by Crippen LogP contribution is -2.60. The summed E-state index contributed by atoms with van der Waals surface area (Å²) >= 11 is 0. The quantitative estimate of drug-likeness (QED) is 0.201. The van der Waals surface area contributed by atoms with Crippen LogP contribution in [0, 0.1) is 5.92 Å². The molecular formula is C15H26N6O7. The third-order valence-electron chi connectivity index (χ3n) is 4.64. The van der Waals surface area contributed by atoms with Crippen LogP contribution in [0.15, 0.2) is 4.42 Å². The summed E-state index contributed by atoms with van der Waals surface area (Å²) in [5, 5.41) is 49.4. The topological polar surface area (TPSA) is 230 Å². The first-order valence-electron chi connectivity index (χ1n) is 8.71. The Balaban J connectivity index is 2.18. The van der Waals surface area contributed by atoms with Gasteiger partial charge in [0, 0.05) is 0 Å². The first-order valence-corrected chi connectivity index (χ1v) is 8.71. The minimum atomic E-state index is -1.49. The molecule has 1 aliphatic rings. The van der Waals surface area contributed by atoms with Crippen LogP contribution in [0.2, 0.25) is 0 Å². The summed E-state index contributed by atoms with van der Waals surface area (Å²) in [4.78, 5) is 23.2. The maximum absolute atomic E-state index is 12.3. The molecular weight excluding hydrogens is 376 g/mol. The number of aliphatic hydroxyl groups is 3. The van der Waals surface area contributed by atoms with Crippen LogP contribution >= 0.6 is 0 Å². The van der Waals surface area contributed by atoms with Crippen molar-refractivity contribution in [2.45, 2.75) is 56.1 Å². The predicted molar refractivity (Wildman–Crippen MR) is 92.3 cm³/mol. The second-order valence-corrected chi connectivity index (χ2v) is 7.04. The Kier molecular flexibility index (Phi) is 6.90. The number of nitrogens with two attached hydrogens (primary N) is 2. The Bertz CT molecular complexity index is 688. The van der Waals surface area contributed by atoms with E-state index >= 15 is 0 Å². The number of nitrogens with zero attached hydrogens (tertiary/aromatic N) is 2. The Morgan fingerprint density at radius 3 is 2.46 bits per heavy atom. The average molecular weight is 402 g/mol. The molecule has 0 aromatic carbocycles. The Morgan fingerprint density at radius 2 is 1.96 bits per heavy atom. The van der Waals surface area contributed by atoms with Gasteiger partial charge in [0.1, 0.15) is 17.8 Å². The number of nitrogens with one attached hydrogen (secondary N) is 2. The molecule has 1 aliphatic carbocycles. The number of aliphatic carboxylic acids is 1. The van der Waals surface area contributed by atoms with Crippen molar-refractivity contribution in [3.05, 3.63) is 11.8 Å². The van der Waals surface area contributed by atoms with Gasteiger partial charge >= 0.3 is 12.0 Å². The summed E-state index contributed by atoms with van der Waals surface area (Å²) < 4.78 is 5.54. The van der Waals surface area contributed by atoms with E-state index in [-0.39, 0.29) is 24.1 Å². The third-order valence-corrected chi connectivity index (χ3v) is 4.64. The zero-order valence-electron chi connectivity index (χ0n) is 15.3. The number of aliphatic hydroxyl groups excluding tert-OH is 3. The van der Waals surface area contributed by atoms with Gasteiger partial charge in [-0.25, -0.2) is 9.59 Å². The first-order chi connectivity index (χ1) is 13.1. The number of carbonyl (C=O) groups is 2. The van der Waals surface area contributed by atoms with Crippen molar-refractivity contribution < 1.29 is 34.4 Å². The molecule has 2 amide bonds. The molecule has 1 unspecified atom stereocenters. The van der Waals surface area contributed by atoms with E-state index < -0.39 is 48.6 Å². The molecule has 13 nitrogen and oxygen atoms in total. The Hall–Kier alpha value is -2.32. The molecule has 13 heteroatoms. The van der Waals surface area contributed by atoms with Crippen molar-refractivity contribution in [1.82, 2.24) is 20.8 Å². The highest BCUT2D eigenvalue weighted by atomic mass is 16.4. The zero-order valence-corrected chi connectivity index (χ0v) is 15.3. The fourth-order valence-corrected chi connectivity index (χ4v) is 3.13. The minimum absolute atomic E-state index is 0.0207. The second kappa shape index (κ2) is 8.79. The van der Waals surface area contributed by atoms with E-state index in [0.717, 1.165) is 0 Å². The third kappa shape index (κ3) is 4.94. The second-order valence-electron chi connectivity index (χ2n) is 7.04. The van der Waals surface area contributed by atoms with E-state index in [4.69, 9.17) is 26.1 Å². The Labute approximate surface area is 160 Å². The van der Waals surface area contributed by atoms with Crippen molar-refractivity contribution in [2.24, 2.45) is 17.4 Å². The molecule has 0 spiro atoms. The van der Waals surface area contributed by atoms with E-state index in [2.05, 4.69) is 20.8 Å². The highest BCUT2D eigenvalue weighted by molar-refractivity contribution is 5.83. The van der Waals surface area contributed by atoms with Crippen LogP contribution in [0.4, 0.5) is 4.79 Å². The molecule has 0 radical (unpaired) electrons. The molecule has 1 saturated carbocycles. The molecule has 1 heterocycles. The van der Waals surface area contributed by atoms with Gasteiger partial charge in [0.15, 0.2) is 6.04 Å². The highest BCUT2D eigenvalue weighted by Gasteiger charge is 2.51. The molecule has 1 aromatic heterocycles. The number of hydrogen-bond acceptors (Lipinski definition) is 10. The van der Waals surface area contributed by atoms with Gasteiger partial charge in [-0.3, -0.25) is 0 Å².